The standard InChI is InChI=1S/C12H17BrN2OS/c1-8(9-3-2-4-14-6-9)15-12(16)10-5-11(13)17-7-10/h5,7-9,14H,2-4,6H2,1H3,(H,15,16). The molecule has 1 aliphatic rings. The van der Waals surface area contributed by atoms with E-state index >= 15 is 0 Å². The molecule has 1 fully saturated rings. The minimum atomic E-state index is 0.0324. The van der Waals surface area contributed by atoms with Crippen LogP contribution in [0.2, 0.25) is 0 Å². The van der Waals surface area contributed by atoms with Crippen LogP contribution < -0.4 is 10.6 Å². The van der Waals surface area contributed by atoms with Crippen molar-refractivity contribution >= 4 is 33.2 Å². The van der Waals surface area contributed by atoms with Crippen LogP contribution >= 0.6 is 27.3 Å². The van der Waals surface area contributed by atoms with Crippen molar-refractivity contribution in [2.24, 2.45) is 5.92 Å². The normalized spacial score (nSPS) is 22.1. The zero-order valence-electron chi connectivity index (χ0n) is 9.83. The van der Waals surface area contributed by atoms with Gasteiger partial charge in [0.15, 0.2) is 0 Å². The lowest BCUT2D eigenvalue weighted by Gasteiger charge is -2.28. The molecule has 1 aliphatic heterocycles. The molecule has 0 bridgehead atoms. The number of carbonyl (C=O) groups is 1. The van der Waals surface area contributed by atoms with Gasteiger partial charge in [0.1, 0.15) is 0 Å². The van der Waals surface area contributed by atoms with Crippen LogP contribution in [-0.2, 0) is 0 Å². The van der Waals surface area contributed by atoms with Crippen LogP contribution in [0.15, 0.2) is 15.2 Å². The fourth-order valence-corrected chi connectivity index (χ4v) is 3.28. The molecule has 2 rings (SSSR count). The number of hydrogen-bond acceptors (Lipinski definition) is 3. The number of carbonyl (C=O) groups excluding carboxylic acids is 1. The fourth-order valence-electron chi connectivity index (χ4n) is 2.14. The molecule has 0 aromatic carbocycles. The summed E-state index contributed by atoms with van der Waals surface area (Å²) in [5.74, 6) is 0.583. The highest BCUT2D eigenvalue weighted by Gasteiger charge is 2.21. The summed E-state index contributed by atoms with van der Waals surface area (Å²) >= 11 is 4.91. The minimum absolute atomic E-state index is 0.0324. The van der Waals surface area contributed by atoms with E-state index in [-0.39, 0.29) is 11.9 Å². The molecular formula is C12H17BrN2OS. The first-order valence-corrected chi connectivity index (χ1v) is 7.59. The van der Waals surface area contributed by atoms with Gasteiger partial charge in [-0.3, -0.25) is 4.79 Å². The molecule has 0 spiro atoms. The summed E-state index contributed by atoms with van der Waals surface area (Å²) in [7, 11) is 0. The minimum Gasteiger partial charge on any atom is -0.349 e. The maximum Gasteiger partial charge on any atom is 0.252 e. The number of thiophene rings is 1. The highest BCUT2D eigenvalue weighted by Crippen LogP contribution is 2.21. The summed E-state index contributed by atoms with van der Waals surface area (Å²) in [4.78, 5) is 12.0. The Morgan fingerprint density at radius 3 is 3.12 bits per heavy atom. The molecule has 1 amide bonds. The van der Waals surface area contributed by atoms with E-state index in [1.807, 2.05) is 11.4 Å². The molecule has 2 atom stereocenters. The van der Waals surface area contributed by atoms with Gasteiger partial charge in [0.05, 0.1) is 9.35 Å². The van der Waals surface area contributed by atoms with Gasteiger partial charge in [0.25, 0.3) is 5.91 Å². The summed E-state index contributed by atoms with van der Waals surface area (Å²) in [6.45, 7) is 4.21. The summed E-state index contributed by atoms with van der Waals surface area (Å²) in [6.07, 6.45) is 2.40. The third kappa shape index (κ3) is 3.53. The van der Waals surface area contributed by atoms with Gasteiger partial charge in [-0.05, 0) is 60.8 Å². The predicted molar refractivity (Wildman–Crippen MR) is 74.5 cm³/mol. The van der Waals surface area contributed by atoms with Crippen molar-refractivity contribution in [3.05, 3.63) is 20.8 Å². The van der Waals surface area contributed by atoms with E-state index in [2.05, 4.69) is 33.5 Å². The van der Waals surface area contributed by atoms with Crippen molar-refractivity contribution in [2.75, 3.05) is 13.1 Å². The average Bonchev–Trinajstić information content (AvgIpc) is 2.77. The molecule has 5 heteroatoms. The van der Waals surface area contributed by atoms with E-state index in [4.69, 9.17) is 0 Å². The number of piperidine rings is 1. The van der Waals surface area contributed by atoms with Gasteiger partial charge in [0.2, 0.25) is 0 Å². The Hall–Kier alpha value is -0.390. The molecule has 0 aliphatic carbocycles. The van der Waals surface area contributed by atoms with Gasteiger partial charge >= 0.3 is 0 Å². The lowest BCUT2D eigenvalue weighted by atomic mass is 9.93. The molecule has 2 heterocycles. The van der Waals surface area contributed by atoms with Crippen LogP contribution in [0.25, 0.3) is 0 Å². The Morgan fingerprint density at radius 2 is 2.53 bits per heavy atom. The second-order valence-corrected chi connectivity index (χ2v) is 6.80. The number of nitrogens with one attached hydrogen (secondary N) is 2. The second kappa shape index (κ2) is 5.98. The molecule has 94 valence electrons. The van der Waals surface area contributed by atoms with Gasteiger partial charge in [-0.2, -0.15) is 0 Å². The molecule has 0 saturated carbocycles. The molecule has 17 heavy (non-hydrogen) atoms. The third-order valence-electron chi connectivity index (χ3n) is 3.23. The molecule has 0 radical (unpaired) electrons. The van der Waals surface area contributed by atoms with Crippen LogP contribution in [0, 0.1) is 5.92 Å². The second-order valence-electron chi connectivity index (χ2n) is 4.51. The van der Waals surface area contributed by atoms with Crippen LogP contribution in [-0.4, -0.2) is 25.0 Å². The van der Waals surface area contributed by atoms with E-state index in [9.17, 15) is 4.79 Å². The average molecular weight is 317 g/mol. The molecule has 1 aromatic heterocycles. The van der Waals surface area contributed by atoms with E-state index in [1.165, 1.54) is 24.2 Å². The Morgan fingerprint density at radius 1 is 1.71 bits per heavy atom. The molecular weight excluding hydrogens is 300 g/mol. The Kier molecular flexibility index (Phi) is 4.59. The predicted octanol–water partition coefficient (Wildman–Crippen LogP) is 2.63. The SMILES string of the molecule is CC(NC(=O)c1csc(Br)c1)C1CCCNC1. The van der Waals surface area contributed by atoms with Crippen molar-refractivity contribution in [2.45, 2.75) is 25.8 Å². The molecule has 3 nitrogen and oxygen atoms in total. The quantitative estimate of drug-likeness (QED) is 0.900. The van der Waals surface area contributed by atoms with Crippen LogP contribution in [0.1, 0.15) is 30.1 Å². The summed E-state index contributed by atoms with van der Waals surface area (Å²) in [6, 6.07) is 2.10. The number of hydrogen-bond donors (Lipinski definition) is 2. The molecule has 2 N–H and O–H groups in total. The van der Waals surface area contributed by atoms with Gasteiger partial charge in [-0.1, -0.05) is 0 Å². The van der Waals surface area contributed by atoms with E-state index in [0.717, 1.165) is 22.4 Å². The number of halogens is 1. The van der Waals surface area contributed by atoms with E-state index < -0.39 is 0 Å². The van der Waals surface area contributed by atoms with Crippen LogP contribution in [0.3, 0.4) is 0 Å². The van der Waals surface area contributed by atoms with Crippen LogP contribution in [0.4, 0.5) is 0 Å². The lowest BCUT2D eigenvalue weighted by molar-refractivity contribution is 0.0922. The van der Waals surface area contributed by atoms with Crippen molar-refractivity contribution in [1.82, 2.24) is 10.6 Å². The van der Waals surface area contributed by atoms with E-state index in [1.54, 1.807) is 0 Å². The Balaban J connectivity index is 1.89. The lowest BCUT2D eigenvalue weighted by Crippen LogP contribution is -2.44. The van der Waals surface area contributed by atoms with Crippen molar-refractivity contribution in [1.29, 1.82) is 0 Å². The monoisotopic (exact) mass is 316 g/mol. The summed E-state index contributed by atoms with van der Waals surface area (Å²) < 4.78 is 0.995. The van der Waals surface area contributed by atoms with Crippen molar-refractivity contribution in [3.8, 4) is 0 Å². The highest BCUT2D eigenvalue weighted by atomic mass is 79.9. The Labute approximate surface area is 114 Å². The van der Waals surface area contributed by atoms with Crippen molar-refractivity contribution in [3.63, 3.8) is 0 Å². The third-order valence-corrected chi connectivity index (χ3v) is 4.73. The van der Waals surface area contributed by atoms with E-state index in [0.29, 0.717) is 5.92 Å². The first-order chi connectivity index (χ1) is 8.16. The first-order valence-electron chi connectivity index (χ1n) is 5.92. The van der Waals surface area contributed by atoms with Crippen LogP contribution in [0.5, 0.6) is 0 Å². The number of rotatable bonds is 3. The smallest absolute Gasteiger partial charge is 0.252 e. The highest BCUT2D eigenvalue weighted by molar-refractivity contribution is 9.11. The maximum atomic E-state index is 12.0. The first kappa shape index (κ1) is 13.1. The van der Waals surface area contributed by atoms with Gasteiger partial charge in [-0.15, -0.1) is 11.3 Å². The fraction of sp³-hybridized carbons (Fsp3) is 0.583. The molecule has 2 unspecified atom stereocenters. The maximum absolute atomic E-state index is 12.0. The zero-order valence-corrected chi connectivity index (χ0v) is 12.2. The number of amides is 1. The van der Waals surface area contributed by atoms with Gasteiger partial charge in [0, 0.05) is 11.4 Å². The summed E-state index contributed by atoms with van der Waals surface area (Å²) in [5, 5.41) is 8.34. The largest absolute Gasteiger partial charge is 0.349 e. The zero-order chi connectivity index (χ0) is 12.3. The Bertz CT molecular complexity index is 388. The molecule has 1 aromatic rings. The topological polar surface area (TPSA) is 41.1 Å². The van der Waals surface area contributed by atoms with Gasteiger partial charge < -0.3 is 10.6 Å². The molecule has 1 saturated heterocycles. The van der Waals surface area contributed by atoms with Crippen molar-refractivity contribution < 1.29 is 4.79 Å². The van der Waals surface area contributed by atoms with Gasteiger partial charge in [-0.25, -0.2) is 0 Å². The summed E-state index contributed by atoms with van der Waals surface area (Å²) in [5.41, 5.74) is 0.748.